The summed E-state index contributed by atoms with van der Waals surface area (Å²) < 4.78 is 35.2. The van der Waals surface area contributed by atoms with E-state index in [1.165, 1.54) is 12.1 Å². The summed E-state index contributed by atoms with van der Waals surface area (Å²) in [5.74, 6) is 0. The molecule has 1 fully saturated rings. The van der Waals surface area contributed by atoms with Gasteiger partial charge in [-0.05, 0) is 0 Å². The summed E-state index contributed by atoms with van der Waals surface area (Å²) in [7, 11) is -9.14. The fraction of sp³-hybridized carbons (Fsp3) is 0.143. The Labute approximate surface area is 90.8 Å². The van der Waals surface area contributed by atoms with Crippen LogP contribution in [0.4, 0.5) is 0 Å². The van der Waals surface area contributed by atoms with E-state index in [4.69, 9.17) is 9.79 Å². The lowest BCUT2D eigenvalue weighted by atomic mass is 10.2. The summed E-state index contributed by atoms with van der Waals surface area (Å²) in [5, 5.41) is 0. The van der Waals surface area contributed by atoms with Crippen molar-refractivity contribution in [1.82, 2.24) is 0 Å². The van der Waals surface area contributed by atoms with Crippen molar-refractivity contribution in [3.05, 3.63) is 35.9 Å². The van der Waals surface area contributed by atoms with Gasteiger partial charge in [0.05, 0.1) is 0 Å². The Balaban J connectivity index is 2.30. The van der Waals surface area contributed by atoms with Gasteiger partial charge in [0.25, 0.3) is 0 Å². The van der Waals surface area contributed by atoms with Crippen LogP contribution in [0.15, 0.2) is 30.3 Å². The van der Waals surface area contributed by atoms with Crippen molar-refractivity contribution in [2.75, 3.05) is 0 Å². The van der Waals surface area contributed by atoms with E-state index in [9.17, 15) is 9.13 Å². The quantitative estimate of drug-likeness (QED) is 0.748. The fourth-order valence-corrected chi connectivity index (χ4v) is 3.39. The molecule has 0 aliphatic carbocycles. The lowest BCUT2D eigenvalue weighted by Gasteiger charge is -2.28. The standard InChI is InChI=1S/C7H8O7P2/c8-15(9)12-7(13-16(10,11)14-15)6-4-2-1-3-5-6/h1-5,7H,(H,8,9)(H,10,11). The maximum absolute atomic E-state index is 11.1. The molecular formula is C7H8O7P2. The summed E-state index contributed by atoms with van der Waals surface area (Å²) in [4.78, 5) is 18.1. The molecule has 2 unspecified atom stereocenters. The zero-order valence-corrected chi connectivity index (χ0v) is 9.58. The first-order chi connectivity index (χ1) is 7.38. The summed E-state index contributed by atoms with van der Waals surface area (Å²) in [6.45, 7) is 0. The van der Waals surface area contributed by atoms with Gasteiger partial charge in [-0.3, -0.25) is 9.05 Å². The van der Waals surface area contributed by atoms with Crippen LogP contribution < -0.4 is 0 Å². The Hall–Kier alpha value is -0.520. The molecule has 1 aliphatic heterocycles. The maximum Gasteiger partial charge on any atom is 0.483 e. The van der Waals surface area contributed by atoms with Crippen LogP contribution in [0.25, 0.3) is 0 Å². The maximum atomic E-state index is 11.1. The molecule has 0 radical (unpaired) electrons. The van der Waals surface area contributed by atoms with Crippen molar-refractivity contribution in [2.45, 2.75) is 6.29 Å². The molecule has 0 saturated carbocycles. The number of rotatable bonds is 1. The Bertz CT molecular complexity index is 449. The number of hydrogen-bond acceptors (Lipinski definition) is 5. The van der Waals surface area contributed by atoms with Crippen molar-refractivity contribution >= 4 is 15.6 Å². The van der Waals surface area contributed by atoms with Crippen LogP contribution in [0.3, 0.4) is 0 Å². The number of phosphoric acid groups is 2. The topological polar surface area (TPSA) is 102 Å². The zero-order valence-electron chi connectivity index (χ0n) is 7.79. The van der Waals surface area contributed by atoms with Gasteiger partial charge in [0.1, 0.15) is 0 Å². The van der Waals surface area contributed by atoms with Gasteiger partial charge in [0.15, 0.2) is 0 Å². The molecule has 9 heteroatoms. The Morgan fingerprint density at radius 2 is 1.50 bits per heavy atom. The number of hydrogen-bond donors (Lipinski definition) is 2. The molecule has 2 rings (SSSR count). The third-order valence-electron chi connectivity index (χ3n) is 1.74. The van der Waals surface area contributed by atoms with Gasteiger partial charge in [0.2, 0.25) is 6.29 Å². The largest absolute Gasteiger partial charge is 0.483 e. The van der Waals surface area contributed by atoms with E-state index in [0.717, 1.165) is 0 Å². The van der Waals surface area contributed by atoms with Crippen molar-refractivity contribution < 1.29 is 32.3 Å². The second kappa shape index (κ2) is 4.05. The monoisotopic (exact) mass is 266 g/mol. The minimum absolute atomic E-state index is 0.342. The first kappa shape index (κ1) is 12.0. The number of benzene rings is 1. The Morgan fingerprint density at radius 1 is 1.00 bits per heavy atom. The van der Waals surface area contributed by atoms with Crippen LogP contribution in [0, 0.1) is 0 Å². The minimum atomic E-state index is -4.57. The van der Waals surface area contributed by atoms with Gasteiger partial charge in [-0.2, -0.15) is 4.31 Å². The first-order valence-electron chi connectivity index (χ1n) is 4.17. The van der Waals surface area contributed by atoms with Crippen LogP contribution >= 0.6 is 15.6 Å². The second-order valence-electron chi connectivity index (χ2n) is 2.97. The highest BCUT2D eigenvalue weighted by atomic mass is 31.3. The molecule has 1 aliphatic rings. The van der Waals surface area contributed by atoms with Crippen LogP contribution in [0.1, 0.15) is 11.9 Å². The van der Waals surface area contributed by atoms with Crippen molar-refractivity contribution in [1.29, 1.82) is 0 Å². The summed E-state index contributed by atoms with van der Waals surface area (Å²) in [5.41, 5.74) is 0.342. The minimum Gasteiger partial charge on any atom is -0.302 e. The summed E-state index contributed by atoms with van der Waals surface area (Å²) in [6.07, 6.45) is -1.40. The molecule has 16 heavy (non-hydrogen) atoms. The van der Waals surface area contributed by atoms with Gasteiger partial charge in [-0.1, -0.05) is 30.3 Å². The van der Waals surface area contributed by atoms with Crippen molar-refractivity contribution in [2.24, 2.45) is 0 Å². The van der Waals surface area contributed by atoms with Gasteiger partial charge in [-0.25, -0.2) is 9.13 Å². The van der Waals surface area contributed by atoms with Crippen LogP contribution in [-0.4, -0.2) is 9.79 Å². The molecule has 2 atom stereocenters. The van der Waals surface area contributed by atoms with Crippen LogP contribution in [-0.2, 0) is 22.5 Å². The summed E-state index contributed by atoms with van der Waals surface area (Å²) in [6, 6.07) is 8.01. The highest BCUT2D eigenvalue weighted by molar-refractivity contribution is 7.61. The third kappa shape index (κ3) is 2.78. The molecule has 88 valence electrons. The molecule has 1 heterocycles. The molecule has 2 N–H and O–H groups in total. The van der Waals surface area contributed by atoms with E-state index in [2.05, 4.69) is 13.4 Å². The molecule has 1 aromatic rings. The molecule has 0 aromatic heterocycles. The molecule has 7 nitrogen and oxygen atoms in total. The van der Waals surface area contributed by atoms with E-state index < -0.39 is 21.9 Å². The van der Waals surface area contributed by atoms with Gasteiger partial charge >= 0.3 is 15.6 Å². The summed E-state index contributed by atoms with van der Waals surface area (Å²) >= 11 is 0. The number of phosphoric ester groups is 2. The highest BCUT2D eigenvalue weighted by Gasteiger charge is 2.46. The lowest BCUT2D eigenvalue weighted by molar-refractivity contribution is -0.0613. The normalized spacial score (nSPS) is 39.5. The van der Waals surface area contributed by atoms with E-state index in [1.54, 1.807) is 18.2 Å². The van der Waals surface area contributed by atoms with Gasteiger partial charge < -0.3 is 9.79 Å². The average Bonchev–Trinajstić information content (AvgIpc) is 2.14. The third-order valence-corrected chi connectivity index (χ3v) is 4.30. The van der Waals surface area contributed by atoms with Crippen LogP contribution in [0.2, 0.25) is 0 Å². The molecule has 0 spiro atoms. The molecule has 0 amide bonds. The fourth-order valence-electron chi connectivity index (χ4n) is 1.16. The van der Waals surface area contributed by atoms with E-state index in [0.29, 0.717) is 5.56 Å². The molecule has 1 saturated heterocycles. The molecule has 0 bridgehead atoms. The zero-order chi connectivity index (χ0) is 11.8. The Kier molecular flexibility index (Phi) is 3.03. The average molecular weight is 266 g/mol. The van der Waals surface area contributed by atoms with Crippen molar-refractivity contribution in [3.63, 3.8) is 0 Å². The van der Waals surface area contributed by atoms with E-state index in [1.807, 2.05) is 0 Å². The van der Waals surface area contributed by atoms with E-state index in [-0.39, 0.29) is 0 Å². The Morgan fingerprint density at radius 3 is 2.00 bits per heavy atom. The van der Waals surface area contributed by atoms with E-state index >= 15 is 0 Å². The van der Waals surface area contributed by atoms with Crippen LogP contribution in [0.5, 0.6) is 0 Å². The molecular weight excluding hydrogens is 258 g/mol. The molecule has 1 aromatic carbocycles. The predicted octanol–water partition coefficient (Wildman–Crippen LogP) is 1.95. The first-order valence-corrected chi connectivity index (χ1v) is 7.16. The lowest BCUT2D eigenvalue weighted by Crippen LogP contribution is -2.13. The smallest absolute Gasteiger partial charge is 0.302 e. The second-order valence-corrected chi connectivity index (χ2v) is 5.92. The van der Waals surface area contributed by atoms with Gasteiger partial charge in [-0.15, -0.1) is 0 Å². The SMILES string of the molecule is O=P1(O)OC(c2ccccc2)OP(=O)(O)O1. The highest BCUT2D eigenvalue weighted by Crippen LogP contribution is 2.68. The van der Waals surface area contributed by atoms with Crippen molar-refractivity contribution in [3.8, 4) is 0 Å². The predicted molar refractivity (Wildman–Crippen MR) is 52.1 cm³/mol. The van der Waals surface area contributed by atoms with Gasteiger partial charge in [0, 0.05) is 5.56 Å².